The molecule has 33 heavy (non-hydrogen) atoms. The first-order chi connectivity index (χ1) is 15.8. The Morgan fingerprint density at radius 3 is 2.73 bits per heavy atom. The van der Waals surface area contributed by atoms with E-state index in [1.165, 1.54) is 11.3 Å². The lowest BCUT2D eigenvalue weighted by molar-refractivity contribution is 0.0796. The number of aryl methyl sites for hydroxylation is 2. The van der Waals surface area contributed by atoms with Gasteiger partial charge in [-0.15, -0.1) is 11.3 Å². The van der Waals surface area contributed by atoms with Gasteiger partial charge < -0.3 is 18.9 Å². The highest BCUT2D eigenvalue weighted by Crippen LogP contribution is 2.33. The molecule has 2 aromatic heterocycles. The molecule has 0 atom stereocenters. The van der Waals surface area contributed by atoms with E-state index in [1.54, 1.807) is 42.1 Å². The van der Waals surface area contributed by atoms with E-state index in [1.807, 2.05) is 11.8 Å². The van der Waals surface area contributed by atoms with Crippen molar-refractivity contribution in [2.24, 2.45) is 7.05 Å². The van der Waals surface area contributed by atoms with Crippen LogP contribution in [-0.4, -0.2) is 48.7 Å². The third kappa shape index (κ3) is 4.23. The van der Waals surface area contributed by atoms with E-state index in [2.05, 4.69) is 9.71 Å². The second-order valence-electron chi connectivity index (χ2n) is 8.12. The van der Waals surface area contributed by atoms with Gasteiger partial charge in [0.1, 0.15) is 14.8 Å². The highest BCUT2D eigenvalue weighted by atomic mass is 32.2. The molecule has 4 heterocycles. The second kappa shape index (κ2) is 8.47. The highest BCUT2D eigenvalue weighted by Gasteiger charge is 2.26. The Kier molecular flexibility index (Phi) is 5.63. The summed E-state index contributed by atoms with van der Waals surface area (Å²) in [5.74, 6) is 1.25. The number of sulfonamides is 1. The summed E-state index contributed by atoms with van der Waals surface area (Å²) in [6.07, 6.45) is 3.60. The third-order valence-electron chi connectivity index (χ3n) is 5.80. The minimum Gasteiger partial charge on any atom is -0.454 e. The highest BCUT2D eigenvalue weighted by molar-refractivity contribution is 7.89. The molecule has 0 radical (unpaired) electrons. The number of thiazole rings is 1. The quantitative estimate of drug-likeness (QED) is 0.572. The Morgan fingerprint density at radius 2 is 1.94 bits per heavy atom. The number of hydrogen-bond donors (Lipinski definition) is 1. The molecule has 1 N–H and O–H groups in total. The van der Waals surface area contributed by atoms with Crippen LogP contribution in [0.15, 0.2) is 35.4 Å². The zero-order valence-corrected chi connectivity index (χ0v) is 20.0. The maximum absolute atomic E-state index is 12.9. The molecule has 1 amide bonds. The Labute approximate surface area is 196 Å². The topological polar surface area (TPSA) is 103 Å². The summed E-state index contributed by atoms with van der Waals surface area (Å²) in [5, 5.41) is 0.620. The number of likely N-dealkylation sites (tertiary alicyclic amines) is 1. The van der Waals surface area contributed by atoms with Crippen molar-refractivity contribution in [1.82, 2.24) is 19.2 Å². The molecule has 0 saturated carbocycles. The Balaban J connectivity index is 1.34. The van der Waals surface area contributed by atoms with Gasteiger partial charge in [-0.2, -0.15) is 0 Å². The summed E-state index contributed by atoms with van der Waals surface area (Å²) in [6.45, 7) is 3.64. The standard InChI is InChI=1S/C22H24N4O5S2/c1-14-20(22(27)26-7-3-4-8-26)32-21(24-14)17-10-16(12-25(17)2)33(28,29)23-11-15-5-6-18-19(9-15)31-13-30-18/h5-6,9-10,12,23H,3-4,7-8,11,13H2,1-2H3. The Bertz CT molecular complexity index is 1320. The fourth-order valence-corrected chi connectivity index (χ4v) is 6.15. The van der Waals surface area contributed by atoms with Crippen LogP contribution in [0, 0.1) is 6.92 Å². The van der Waals surface area contributed by atoms with Crippen molar-refractivity contribution in [3.63, 3.8) is 0 Å². The number of nitrogens with one attached hydrogen (secondary N) is 1. The SMILES string of the molecule is Cc1nc(-c2cc(S(=O)(=O)NCc3ccc4c(c3)OCO4)cn2C)sc1C(=O)N1CCCC1. The van der Waals surface area contributed by atoms with Crippen molar-refractivity contribution < 1.29 is 22.7 Å². The van der Waals surface area contributed by atoms with Crippen molar-refractivity contribution in [3.8, 4) is 22.2 Å². The molecule has 1 aromatic carbocycles. The predicted octanol–water partition coefficient (Wildman–Crippen LogP) is 2.90. The van der Waals surface area contributed by atoms with Crippen LogP contribution in [0.4, 0.5) is 0 Å². The van der Waals surface area contributed by atoms with Crippen molar-refractivity contribution in [3.05, 3.63) is 46.6 Å². The van der Waals surface area contributed by atoms with Gasteiger partial charge in [0.15, 0.2) is 11.5 Å². The van der Waals surface area contributed by atoms with Crippen LogP contribution >= 0.6 is 11.3 Å². The van der Waals surface area contributed by atoms with Crippen molar-refractivity contribution in [2.75, 3.05) is 19.9 Å². The minimum absolute atomic E-state index is 0.00111. The van der Waals surface area contributed by atoms with Crippen molar-refractivity contribution in [2.45, 2.75) is 31.2 Å². The molecule has 2 aliphatic rings. The van der Waals surface area contributed by atoms with Gasteiger partial charge in [-0.05, 0) is 43.5 Å². The molecular formula is C22H24N4O5S2. The molecule has 0 bridgehead atoms. The number of carbonyl (C=O) groups excluding carboxylic acids is 1. The van der Waals surface area contributed by atoms with E-state index in [0.29, 0.717) is 32.8 Å². The summed E-state index contributed by atoms with van der Waals surface area (Å²) < 4.78 is 40.9. The molecule has 2 aliphatic heterocycles. The van der Waals surface area contributed by atoms with Crippen LogP contribution in [0.25, 0.3) is 10.7 Å². The van der Waals surface area contributed by atoms with Gasteiger partial charge >= 0.3 is 0 Å². The molecule has 11 heteroatoms. The number of carbonyl (C=O) groups is 1. The average Bonchev–Trinajstić information content (AvgIpc) is 3.57. The van der Waals surface area contributed by atoms with Crippen LogP contribution in [0.5, 0.6) is 11.5 Å². The monoisotopic (exact) mass is 488 g/mol. The van der Waals surface area contributed by atoms with Crippen LogP contribution < -0.4 is 14.2 Å². The molecule has 1 saturated heterocycles. The molecular weight excluding hydrogens is 464 g/mol. The molecule has 0 unspecified atom stereocenters. The van der Waals surface area contributed by atoms with Crippen LogP contribution in [0.2, 0.25) is 0 Å². The molecule has 0 aliphatic carbocycles. The van der Waals surface area contributed by atoms with Crippen LogP contribution in [-0.2, 0) is 23.6 Å². The van der Waals surface area contributed by atoms with Gasteiger partial charge in [-0.1, -0.05) is 6.07 Å². The molecule has 9 nitrogen and oxygen atoms in total. The van der Waals surface area contributed by atoms with Gasteiger partial charge in [0.05, 0.1) is 11.4 Å². The summed E-state index contributed by atoms with van der Waals surface area (Å²) in [6, 6.07) is 6.91. The summed E-state index contributed by atoms with van der Waals surface area (Å²) in [5.41, 5.74) is 2.07. The van der Waals surface area contributed by atoms with Crippen molar-refractivity contribution >= 4 is 27.3 Å². The molecule has 3 aromatic rings. The first kappa shape index (κ1) is 21.9. The number of rotatable bonds is 6. The lowest BCUT2D eigenvalue weighted by Crippen LogP contribution is -2.27. The molecule has 5 rings (SSSR count). The summed E-state index contributed by atoms with van der Waals surface area (Å²) in [7, 11) is -1.99. The van der Waals surface area contributed by atoms with E-state index in [4.69, 9.17) is 9.47 Å². The van der Waals surface area contributed by atoms with E-state index >= 15 is 0 Å². The largest absolute Gasteiger partial charge is 0.454 e. The second-order valence-corrected chi connectivity index (χ2v) is 10.9. The number of fused-ring (bicyclic) bond motifs is 1. The number of benzene rings is 1. The number of hydrogen-bond acceptors (Lipinski definition) is 7. The smallest absolute Gasteiger partial charge is 0.265 e. The van der Waals surface area contributed by atoms with E-state index in [-0.39, 0.29) is 24.1 Å². The fraction of sp³-hybridized carbons (Fsp3) is 0.364. The Hall–Kier alpha value is -2.89. The normalized spacial score (nSPS) is 15.4. The Morgan fingerprint density at radius 1 is 1.18 bits per heavy atom. The summed E-state index contributed by atoms with van der Waals surface area (Å²) >= 11 is 1.30. The van der Waals surface area contributed by atoms with Crippen LogP contribution in [0.3, 0.4) is 0 Å². The van der Waals surface area contributed by atoms with Crippen molar-refractivity contribution in [1.29, 1.82) is 0 Å². The molecule has 1 fully saturated rings. The lowest BCUT2D eigenvalue weighted by Gasteiger charge is -2.13. The minimum atomic E-state index is -3.76. The van der Waals surface area contributed by atoms with E-state index < -0.39 is 10.0 Å². The van der Waals surface area contributed by atoms with Gasteiger partial charge in [0.25, 0.3) is 5.91 Å². The number of amides is 1. The van der Waals surface area contributed by atoms with Gasteiger partial charge in [0.2, 0.25) is 16.8 Å². The zero-order valence-electron chi connectivity index (χ0n) is 18.3. The first-order valence-corrected chi connectivity index (χ1v) is 12.9. The number of ether oxygens (including phenoxy) is 2. The van der Waals surface area contributed by atoms with Gasteiger partial charge in [-0.25, -0.2) is 18.1 Å². The van der Waals surface area contributed by atoms with Gasteiger partial charge in [0, 0.05) is 32.9 Å². The fourth-order valence-electron chi connectivity index (χ4n) is 3.97. The maximum Gasteiger partial charge on any atom is 0.265 e. The lowest BCUT2D eigenvalue weighted by atomic mass is 10.2. The average molecular weight is 489 g/mol. The van der Waals surface area contributed by atoms with Gasteiger partial charge in [-0.3, -0.25) is 4.79 Å². The number of aromatic nitrogens is 2. The predicted molar refractivity (Wildman–Crippen MR) is 123 cm³/mol. The zero-order chi connectivity index (χ0) is 23.2. The molecule has 174 valence electrons. The molecule has 0 spiro atoms. The number of nitrogens with zero attached hydrogens (tertiary/aromatic N) is 3. The maximum atomic E-state index is 12.9. The third-order valence-corrected chi connectivity index (χ3v) is 8.33. The van der Waals surface area contributed by atoms with E-state index in [9.17, 15) is 13.2 Å². The van der Waals surface area contributed by atoms with E-state index in [0.717, 1.165) is 31.5 Å². The van der Waals surface area contributed by atoms with Crippen LogP contribution in [0.1, 0.15) is 33.8 Å². The first-order valence-electron chi connectivity index (χ1n) is 10.6. The summed E-state index contributed by atoms with van der Waals surface area (Å²) in [4.78, 5) is 20.0.